The van der Waals surface area contributed by atoms with E-state index in [1.807, 2.05) is 65.7 Å². The number of benzene rings is 4. The van der Waals surface area contributed by atoms with Gasteiger partial charge in [0.05, 0.1) is 0 Å². The highest BCUT2D eigenvalue weighted by Gasteiger charge is 2.24. The van der Waals surface area contributed by atoms with Crippen molar-refractivity contribution in [1.82, 2.24) is 14.8 Å². The van der Waals surface area contributed by atoms with Crippen LogP contribution in [-0.2, 0) is 17.8 Å². The van der Waals surface area contributed by atoms with Crippen LogP contribution in [0.3, 0.4) is 0 Å². The van der Waals surface area contributed by atoms with Gasteiger partial charge in [-0.05, 0) is 59.4 Å². The Morgan fingerprint density at radius 1 is 0.825 bits per heavy atom. The van der Waals surface area contributed by atoms with Crippen LogP contribution < -0.4 is 0 Å². The first-order chi connectivity index (χ1) is 19.4. The van der Waals surface area contributed by atoms with Crippen LogP contribution in [0.25, 0.3) is 21.7 Å². The molecule has 2 amide bonds. The molecule has 0 spiro atoms. The lowest BCUT2D eigenvalue weighted by molar-refractivity contribution is -0.132. The summed E-state index contributed by atoms with van der Waals surface area (Å²) < 4.78 is 0. The minimum absolute atomic E-state index is 0.0452. The second-order valence-corrected chi connectivity index (χ2v) is 11.1. The number of aromatic amines is 1. The number of amides is 2. The Kier molecular flexibility index (Phi) is 8.30. The molecule has 0 saturated heterocycles. The van der Waals surface area contributed by atoms with Crippen LogP contribution in [0.2, 0.25) is 0 Å². The average Bonchev–Trinajstić information content (AvgIpc) is 3.38. The summed E-state index contributed by atoms with van der Waals surface area (Å²) in [4.78, 5) is 34.6. The Morgan fingerprint density at radius 3 is 2.33 bits per heavy atom. The fourth-order valence-corrected chi connectivity index (χ4v) is 5.23. The number of para-hydroxylation sites is 1. The minimum Gasteiger partial charge on any atom is -0.361 e. The van der Waals surface area contributed by atoms with Crippen molar-refractivity contribution < 1.29 is 9.59 Å². The van der Waals surface area contributed by atoms with Gasteiger partial charge in [0.15, 0.2) is 0 Å². The highest BCUT2D eigenvalue weighted by atomic mass is 16.2. The van der Waals surface area contributed by atoms with Crippen molar-refractivity contribution in [1.29, 1.82) is 0 Å². The van der Waals surface area contributed by atoms with E-state index >= 15 is 0 Å². The zero-order chi connectivity index (χ0) is 28.1. The second-order valence-electron chi connectivity index (χ2n) is 11.1. The molecule has 4 aromatic carbocycles. The first kappa shape index (κ1) is 27.2. The van der Waals surface area contributed by atoms with Crippen LogP contribution in [0, 0.1) is 12.8 Å². The number of rotatable bonds is 10. The SMILES string of the molecule is Cc1ccc(CN(CCc2c[nH]c3ccccc23)C(=O)CN(CC(C)C)C(=O)c2ccc3ccccc3c2)cc1. The highest BCUT2D eigenvalue weighted by Crippen LogP contribution is 2.20. The Bertz CT molecular complexity index is 1620. The van der Waals surface area contributed by atoms with Crippen molar-refractivity contribution in [3.05, 3.63) is 119 Å². The fraction of sp³-hybridized carbons (Fsp3) is 0.257. The van der Waals surface area contributed by atoms with Crippen molar-refractivity contribution in [3.63, 3.8) is 0 Å². The topological polar surface area (TPSA) is 56.4 Å². The van der Waals surface area contributed by atoms with Crippen LogP contribution in [0.1, 0.15) is 40.9 Å². The van der Waals surface area contributed by atoms with E-state index in [0.717, 1.165) is 28.3 Å². The van der Waals surface area contributed by atoms with E-state index in [2.05, 4.69) is 62.2 Å². The van der Waals surface area contributed by atoms with Crippen molar-refractivity contribution in [2.75, 3.05) is 19.6 Å². The number of hydrogen-bond donors (Lipinski definition) is 1. The molecule has 5 aromatic rings. The van der Waals surface area contributed by atoms with Crippen LogP contribution in [0.4, 0.5) is 0 Å². The van der Waals surface area contributed by atoms with Crippen LogP contribution in [0.15, 0.2) is 97.2 Å². The molecule has 5 heteroatoms. The van der Waals surface area contributed by atoms with Crippen LogP contribution >= 0.6 is 0 Å². The molecule has 1 aromatic heterocycles. The molecule has 204 valence electrons. The maximum Gasteiger partial charge on any atom is 0.254 e. The van der Waals surface area contributed by atoms with Gasteiger partial charge in [0.25, 0.3) is 5.91 Å². The number of nitrogens with zero attached hydrogens (tertiary/aromatic N) is 2. The molecule has 5 nitrogen and oxygen atoms in total. The summed E-state index contributed by atoms with van der Waals surface area (Å²) >= 11 is 0. The number of hydrogen-bond acceptors (Lipinski definition) is 2. The third-order valence-corrected chi connectivity index (χ3v) is 7.37. The summed E-state index contributed by atoms with van der Waals surface area (Å²) in [5.74, 6) is 0.0731. The third kappa shape index (κ3) is 6.42. The van der Waals surface area contributed by atoms with Gasteiger partial charge in [0.2, 0.25) is 5.91 Å². The van der Waals surface area contributed by atoms with Crippen molar-refractivity contribution in [3.8, 4) is 0 Å². The lowest BCUT2D eigenvalue weighted by Crippen LogP contribution is -2.44. The van der Waals surface area contributed by atoms with E-state index in [1.54, 1.807) is 4.90 Å². The molecular formula is C35H37N3O2. The van der Waals surface area contributed by atoms with Gasteiger partial charge in [-0.15, -0.1) is 0 Å². The smallest absolute Gasteiger partial charge is 0.254 e. The Labute approximate surface area is 236 Å². The maximum absolute atomic E-state index is 13.9. The van der Waals surface area contributed by atoms with Gasteiger partial charge >= 0.3 is 0 Å². The van der Waals surface area contributed by atoms with Gasteiger partial charge in [0.1, 0.15) is 6.54 Å². The summed E-state index contributed by atoms with van der Waals surface area (Å²) in [5.41, 5.74) is 5.15. The molecule has 0 bridgehead atoms. The molecule has 0 atom stereocenters. The van der Waals surface area contributed by atoms with E-state index in [-0.39, 0.29) is 24.3 Å². The quantitative estimate of drug-likeness (QED) is 0.211. The van der Waals surface area contributed by atoms with Gasteiger partial charge in [-0.1, -0.05) is 92.2 Å². The standard InChI is InChI=1S/C35H37N3O2/c1-25(2)22-38(35(40)30-17-16-28-8-4-5-9-29(28)20-30)24-34(39)37(23-27-14-12-26(3)13-15-27)19-18-31-21-36-33-11-7-6-10-32(31)33/h4-17,20-21,25,36H,18-19,22-24H2,1-3H3. The minimum atomic E-state index is -0.111. The Hall–Kier alpha value is -4.38. The molecule has 0 fully saturated rings. The lowest BCUT2D eigenvalue weighted by atomic mass is 10.1. The number of carbonyl (C=O) groups excluding carboxylic acids is 2. The summed E-state index contributed by atoms with van der Waals surface area (Å²) in [6, 6.07) is 30.3. The number of aryl methyl sites for hydroxylation is 1. The number of fused-ring (bicyclic) bond motifs is 2. The third-order valence-electron chi connectivity index (χ3n) is 7.37. The largest absolute Gasteiger partial charge is 0.361 e. The molecule has 0 aliphatic carbocycles. The monoisotopic (exact) mass is 531 g/mol. The fourth-order valence-electron chi connectivity index (χ4n) is 5.23. The van der Waals surface area contributed by atoms with Gasteiger partial charge in [-0.2, -0.15) is 0 Å². The summed E-state index contributed by atoms with van der Waals surface area (Å²) in [7, 11) is 0. The summed E-state index contributed by atoms with van der Waals surface area (Å²) in [6.45, 7) is 7.83. The Morgan fingerprint density at radius 2 is 1.55 bits per heavy atom. The molecule has 0 radical (unpaired) electrons. The van der Waals surface area contributed by atoms with E-state index < -0.39 is 0 Å². The van der Waals surface area contributed by atoms with Crippen molar-refractivity contribution >= 4 is 33.5 Å². The maximum atomic E-state index is 13.9. The molecule has 5 rings (SSSR count). The zero-order valence-electron chi connectivity index (χ0n) is 23.6. The van der Waals surface area contributed by atoms with Gasteiger partial charge < -0.3 is 14.8 Å². The highest BCUT2D eigenvalue weighted by molar-refractivity contribution is 6.00. The normalized spacial score (nSPS) is 11.3. The molecule has 0 aliphatic rings. The van der Waals surface area contributed by atoms with Crippen LogP contribution in [-0.4, -0.2) is 46.2 Å². The van der Waals surface area contributed by atoms with E-state index in [1.165, 1.54) is 16.5 Å². The van der Waals surface area contributed by atoms with Crippen molar-refractivity contribution in [2.24, 2.45) is 5.92 Å². The lowest BCUT2D eigenvalue weighted by Gasteiger charge is -2.29. The van der Waals surface area contributed by atoms with Gasteiger partial charge in [-0.25, -0.2) is 0 Å². The van der Waals surface area contributed by atoms with Gasteiger partial charge in [0, 0.05) is 42.3 Å². The molecule has 40 heavy (non-hydrogen) atoms. The Balaban J connectivity index is 1.38. The predicted octanol–water partition coefficient (Wildman–Crippen LogP) is 7.00. The van der Waals surface area contributed by atoms with E-state index in [0.29, 0.717) is 25.2 Å². The average molecular weight is 532 g/mol. The summed E-state index contributed by atoms with van der Waals surface area (Å²) in [6.07, 6.45) is 2.76. The molecule has 0 saturated carbocycles. The second kappa shape index (κ2) is 12.2. The molecule has 1 heterocycles. The number of H-pyrrole nitrogens is 1. The van der Waals surface area contributed by atoms with Crippen molar-refractivity contribution in [2.45, 2.75) is 33.7 Å². The molecule has 1 N–H and O–H groups in total. The molecular weight excluding hydrogens is 494 g/mol. The van der Waals surface area contributed by atoms with Crippen LogP contribution in [0.5, 0.6) is 0 Å². The first-order valence-electron chi connectivity index (χ1n) is 14.0. The van der Waals surface area contributed by atoms with E-state index in [9.17, 15) is 9.59 Å². The predicted molar refractivity (Wildman–Crippen MR) is 163 cm³/mol. The molecule has 0 unspecified atom stereocenters. The number of nitrogens with one attached hydrogen (secondary N) is 1. The number of aromatic nitrogens is 1. The van der Waals surface area contributed by atoms with Gasteiger partial charge in [-0.3, -0.25) is 9.59 Å². The first-order valence-corrected chi connectivity index (χ1v) is 14.0. The summed E-state index contributed by atoms with van der Waals surface area (Å²) in [5, 5.41) is 3.29. The zero-order valence-corrected chi connectivity index (χ0v) is 23.6. The van der Waals surface area contributed by atoms with E-state index in [4.69, 9.17) is 0 Å². The molecule has 0 aliphatic heterocycles. The number of carbonyl (C=O) groups is 2.